The van der Waals surface area contributed by atoms with E-state index in [4.69, 9.17) is 32.7 Å². The van der Waals surface area contributed by atoms with Gasteiger partial charge in [-0.15, -0.1) is 0 Å². The van der Waals surface area contributed by atoms with Crippen molar-refractivity contribution in [2.45, 2.75) is 20.8 Å². The van der Waals surface area contributed by atoms with Crippen molar-refractivity contribution in [1.82, 2.24) is 5.43 Å². The van der Waals surface area contributed by atoms with Gasteiger partial charge in [-0.25, -0.2) is 5.43 Å². The lowest BCUT2D eigenvalue weighted by Crippen LogP contribution is -2.32. The molecule has 0 heterocycles. The normalized spacial score (nSPS) is 10.7. The molecule has 39 heavy (non-hydrogen) atoms. The first-order chi connectivity index (χ1) is 18.5. The van der Waals surface area contributed by atoms with E-state index in [9.17, 15) is 14.4 Å². The molecule has 0 fully saturated rings. The SMILES string of the molecule is COc1cc(/C=N\NC(=O)C(=O)Nc2cccc(Cl)c2Cl)cc(Br)c1OCC(=O)Nc1c(C)cc(C)cc1C. The van der Waals surface area contributed by atoms with Crippen LogP contribution in [0.1, 0.15) is 22.3 Å². The zero-order valence-electron chi connectivity index (χ0n) is 21.4. The molecule has 12 heteroatoms. The minimum absolute atomic E-state index is 0.112. The van der Waals surface area contributed by atoms with Crippen LogP contribution in [0.25, 0.3) is 0 Å². The molecular weight excluding hydrogens is 611 g/mol. The van der Waals surface area contributed by atoms with E-state index in [2.05, 4.69) is 37.1 Å². The fourth-order valence-corrected chi connectivity index (χ4v) is 4.56. The van der Waals surface area contributed by atoms with Gasteiger partial charge in [-0.1, -0.05) is 47.0 Å². The van der Waals surface area contributed by atoms with Crippen LogP contribution in [0, 0.1) is 20.8 Å². The molecule has 0 atom stereocenters. The van der Waals surface area contributed by atoms with E-state index < -0.39 is 11.8 Å². The number of benzene rings is 3. The number of amides is 3. The molecule has 0 saturated heterocycles. The van der Waals surface area contributed by atoms with Crippen molar-refractivity contribution in [3.8, 4) is 11.5 Å². The maximum atomic E-state index is 12.6. The lowest BCUT2D eigenvalue weighted by atomic mass is 10.1. The molecule has 0 aliphatic heterocycles. The van der Waals surface area contributed by atoms with Gasteiger partial charge in [-0.2, -0.15) is 5.10 Å². The van der Waals surface area contributed by atoms with E-state index in [1.165, 1.54) is 19.4 Å². The van der Waals surface area contributed by atoms with E-state index in [1.807, 2.05) is 32.9 Å². The number of methoxy groups -OCH3 is 1. The maximum Gasteiger partial charge on any atom is 0.329 e. The smallest absolute Gasteiger partial charge is 0.329 e. The number of hydrogen-bond donors (Lipinski definition) is 3. The van der Waals surface area contributed by atoms with Gasteiger partial charge in [0.1, 0.15) is 0 Å². The second-order valence-electron chi connectivity index (χ2n) is 8.40. The first-order valence-corrected chi connectivity index (χ1v) is 13.0. The lowest BCUT2D eigenvalue weighted by molar-refractivity contribution is -0.136. The summed E-state index contributed by atoms with van der Waals surface area (Å²) in [4.78, 5) is 36.8. The lowest BCUT2D eigenvalue weighted by Gasteiger charge is -2.15. The third kappa shape index (κ3) is 7.95. The van der Waals surface area contributed by atoms with Crippen LogP contribution in [0.15, 0.2) is 52.0 Å². The molecule has 3 amide bonds. The molecule has 0 bridgehead atoms. The molecule has 3 rings (SSSR count). The zero-order valence-corrected chi connectivity index (χ0v) is 24.5. The van der Waals surface area contributed by atoms with Crippen molar-refractivity contribution in [3.63, 3.8) is 0 Å². The van der Waals surface area contributed by atoms with Crippen LogP contribution in [0.2, 0.25) is 10.0 Å². The number of nitrogens with one attached hydrogen (secondary N) is 3. The van der Waals surface area contributed by atoms with Gasteiger partial charge in [-0.05, 0) is 77.7 Å². The Labute approximate surface area is 244 Å². The number of aryl methyl sites for hydroxylation is 3. The highest BCUT2D eigenvalue weighted by atomic mass is 79.9. The maximum absolute atomic E-state index is 12.6. The topological polar surface area (TPSA) is 118 Å². The molecule has 9 nitrogen and oxygen atoms in total. The predicted octanol–water partition coefficient (Wildman–Crippen LogP) is 5.80. The number of nitrogens with zero attached hydrogens (tertiary/aromatic N) is 1. The summed E-state index contributed by atoms with van der Waals surface area (Å²) in [5.41, 5.74) is 6.62. The fraction of sp³-hybridized carbons (Fsp3) is 0.185. The van der Waals surface area contributed by atoms with E-state index in [0.717, 1.165) is 22.4 Å². The third-order valence-electron chi connectivity index (χ3n) is 5.33. The molecule has 3 aromatic carbocycles. The van der Waals surface area contributed by atoms with Crippen molar-refractivity contribution < 1.29 is 23.9 Å². The third-order valence-corrected chi connectivity index (χ3v) is 6.73. The van der Waals surface area contributed by atoms with E-state index in [0.29, 0.717) is 21.5 Å². The molecule has 0 aliphatic rings. The molecule has 0 saturated carbocycles. The van der Waals surface area contributed by atoms with Crippen LogP contribution < -0.4 is 25.5 Å². The number of anilines is 2. The predicted molar refractivity (Wildman–Crippen MR) is 156 cm³/mol. The quantitative estimate of drug-likeness (QED) is 0.164. The van der Waals surface area contributed by atoms with Crippen LogP contribution in [-0.2, 0) is 14.4 Å². The van der Waals surface area contributed by atoms with Crippen LogP contribution >= 0.6 is 39.1 Å². The van der Waals surface area contributed by atoms with Crippen molar-refractivity contribution in [2.75, 3.05) is 24.4 Å². The average molecular weight is 636 g/mol. The first-order valence-electron chi connectivity index (χ1n) is 11.5. The highest BCUT2D eigenvalue weighted by Crippen LogP contribution is 2.36. The molecule has 0 spiro atoms. The minimum Gasteiger partial charge on any atom is -0.493 e. The fourth-order valence-electron chi connectivity index (χ4n) is 3.64. The second-order valence-corrected chi connectivity index (χ2v) is 10.0. The summed E-state index contributed by atoms with van der Waals surface area (Å²) in [6.07, 6.45) is 1.31. The van der Waals surface area contributed by atoms with Gasteiger partial charge in [0.05, 0.1) is 33.5 Å². The van der Waals surface area contributed by atoms with E-state index in [-0.39, 0.29) is 28.2 Å². The van der Waals surface area contributed by atoms with Gasteiger partial charge in [0.2, 0.25) is 0 Å². The summed E-state index contributed by atoms with van der Waals surface area (Å²) in [5, 5.41) is 9.40. The number of carbonyl (C=O) groups is 3. The first kappa shape index (κ1) is 29.9. The Morgan fingerprint density at radius 3 is 2.36 bits per heavy atom. The highest BCUT2D eigenvalue weighted by Gasteiger charge is 2.17. The summed E-state index contributed by atoms with van der Waals surface area (Å²) >= 11 is 15.3. The van der Waals surface area contributed by atoms with Gasteiger partial charge >= 0.3 is 11.8 Å². The number of halogens is 3. The van der Waals surface area contributed by atoms with Gasteiger partial charge in [-0.3, -0.25) is 14.4 Å². The molecule has 3 aromatic rings. The van der Waals surface area contributed by atoms with Crippen molar-refractivity contribution in [2.24, 2.45) is 5.10 Å². The Morgan fingerprint density at radius 1 is 1.00 bits per heavy atom. The van der Waals surface area contributed by atoms with Crippen molar-refractivity contribution in [3.05, 3.63) is 79.2 Å². The minimum atomic E-state index is -1.02. The molecule has 204 valence electrons. The molecular formula is C27H25BrCl2N4O5. The zero-order chi connectivity index (χ0) is 28.7. The van der Waals surface area contributed by atoms with Crippen LogP contribution in [0.3, 0.4) is 0 Å². The van der Waals surface area contributed by atoms with Gasteiger partial charge in [0.25, 0.3) is 5.91 Å². The summed E-state index contributed by atoms with van der Waals surface area (Å²) in [6, 6.07) is 11.9. The molecule has 0 aromatic heterocycles. The number of ether oxygens (including phenoxy) is 2. The molecule has 0 unspecified atom stereocenters. The largest absolute Gasteiger partial charge is 0.493 e. The van der Waals surface area contributed by atoms with Crippen LogP contribution in [0.4, 0.5) is 11.4 Å². The van der Waals surface area contributed by atoms with Crippen LogP contribution in [0.5, 0.6) is 11.5 Å². The Balaban J connectivity index is 1.61. The van der Waals surface area contributed by atoms with Gasteiger partial charge in [0.15, 0.2) is 18.1 Å². The van der Waals surface area contributed by atoms with Crippen molar-refractivity contribution in [1.29, 1.82) is 0 Å². The molecule has 0 aliphatic carbocycles. The summed E-state index contributed by atoms with van der Waals surface area (Å²) in [5.74, 6) is -1.69. The van der Waals surface area contributed by atoms with Crippen LogP contribution in [-0.4, -0.2) is 37.7 Å². The number of hydrogen-bond acceptors (Lipinski definition) is 6. The summed E-state index contributed by atoms with van der Waals surface area (Å²) < 4.78 is 11.6. The van der Waals surface area contributed by atoms with Gasteiger partial charge in [0, 0.05) is 5.69 Å². The molecule has 0 radical (unpaired) electrons. The number of hydrazone groups is 1. The Hall–Kier alpha value is -3.60. The number of rotatable bonds is 8. The average Bonchev–Trinajstić information content (AvgIpc) is 2.87. The monoisotopic (exact) mass is 634 g/mol. The Kier molecular flexibility index (Phi) is 10.3. The van der Waals surface area contributed by atoms with E-state index >= 15 is 0 Å². The Bertz CT molecular complexity index is 1440. The molecule has 3 N–H and O–H groups in total. The highest BCUT2D eigenvalue weighted by molar-refractivity contribution is 9.10. The number of carbonyl (C=O) groups excluding carboxylic acids is 3. The standard InChI is InChI=1S/C27H25BrCl2N4O5/c1-14-8-15(2)24(16(3)9-14)33-22(35)13-39-25-18(28)10-17(11-21(25)38-4)12-31-34-27(37)26(36)32-20-7-5-6-19(29)23(20)30/h5-12H,13H2,1-4H3,(H,32,36)(H,33,35)(H,34,37)/b31-12-. The van der Waals surface area contributed by atoms with E-state index in [1.54, 1.807) is 24.3 Å². The second kappa shape index (κ2) is 13.5. The van der Waals surface area contributed by atoms with Gasteiger partial charge < -0.3 is 20.1 Å². The summed E-state index contributed by atoms with van der Waals surface area (Å²) in [7, 11) is 1.45. The van der Waals surface area contributed by atoms with Crippen molar-refractivity contribution >= 4 is 74.4 Å². The summed E-state index contributed by atoms with van der Waals surface area (Å²) in [6.45, 7) is 5.60. The Morgan fingerprint density at radius 2 is 1.69 bits per heavy atom.